The third-order valence-corrected chi connectivity index (χ3v) is 3.69. The summed E-state index contributed by atoms with van der Waals surface area (Å²) in [5.41, 5.74) is 14.0. The van der Waals surface area contributed by atoms with Gasteiger partial charge in [-0.1, -0.05) is 0 Å². The molecule has 9 N–H and O–H groups in total. The lowest BCUT2D eigenvalue weighted by atomic mass is 10.1. The van der Waals surface area contributed by atoms with E-state index in [4.69, 9.17) is 11.5 Å². The Hall–Kier alpha value is -2.36. The Balaban J connectivity index is 2.58. The minimum atomic E-state index is -1.36. The third-order valence-electron chi connectivity index (χ3n) is 3.69. The SMILES string of the molecule is NC(N)=[NH+]CCC[C@H](NC(=O)[C@@H]1CCCN1C(=O)C[NH3+])C(=O)[O-]. The zero-order chi connectivity index (χ0) is 17.4. The van der Waals surface area contributed by atoms with Crippen molar-refractivity contribution in [1.82, 2.24) is 10.2 Å². The highest BCUT2D eigenvalue weighted by Crippen LogP contribution is 2.17. The number of carboxylic acid groups (broad SMARTS) is 1. The molecule has 10 heteroatoms. The Bertz CT molecular complexity index is 477. The number of carbonyl (C=O) groups is 3. The number of rotatable bonds is 8. The Morgan fingerprint density at radius 2 is 2.09 bits per heavy atom. The molecule has 23 heavy (non-hydrogen) atoms. The lowest BCUT2D eigenvalue weighted by Crippen LogP contribution is -2.78. The second-order valence-electron chi connectivity index (χ2n) is 5.40. The van der Waals surface area contributed by atoms with Gasteiger partial charge in [0.2, 0.25) is 5.91 Å². The van der Waals surface area contributed by atoms with Crippen molar-refractivity contribution in [3.63, 3.8) is 0 Å². The lowest BCUT2D eigenvalue weighted by Gasteiger charge is -2.26. The Morgan fingerprint density at radius 3 is 2.65 bits per heavy atom. The standard InChI is InChI=1S/C13H24N6O4/c14-7-10(20)19-6-2-4-9(19)11(21)18-8(12(22)23)3-1-5-17-13(15)16/h8-9H,1-7,14H2,(H,18,21)(H,22,23)(H4,15,16,17)/p+1/t8-,9-/m0/s1. The summed E-state index contributed by atoms with van der Waals surface area (Å²) in [6, 6.07) is -1.77. The molecule has 1 saturated heterocycles. The summed E-state index contributed by atoms with van der Waals surface area (Å²) in [7, 11) is 0. The van der Waals surface area contributed by atoms with Crippen LogP contribution in [0.1, 0.15) is 25.7 Å². The average molecular weight is 329 g/mol. The summed E-state index contributed by atoms with van der Waals surface area (Å²) < 4.78 is 0. The first kappa shape index (κ1) is 18.7. The average Bonchev–Trinajstić information content (AvgIpc) is 2.98. The van der Waals surface area contributed by atoms with Crippen molar-refractivity contribution >= 4 is 23.7 Å². The molecule has 0 aromatic heterocycles. The van der Waals surface area contributed by atoms with Crippen LogP contribution in [0.4, 0.5) is 0 Å². The van der Waals surface area contributed by atoms with E-state index < -0.39 is 24.0 Å². The van der Waals surface area contributed by atoms with Crippen molar-refractivity contribution in [2.24, 2.45) is 11.5 Å². The smallest absolute Gasteiger partial charge is 0.338 e. The van der Waals surface area contributed by atoms with Gasteiger partial charge in [0.1, 0.15) is 6.04 Å². The van der Waals surface area contributed by atoms with Gasteiger partial charge in [-0.2, -0.15) is 0 Å². The van der Waals surface area contributed by atoms with Gasteiger partial charge in [-0.3, -0.25) is 26.0 Å². The molecular weight excluding hydrogens is 304 g/mol. The van der Waals surface area contributed by atoms with Crippen molar-refractivity contribution in [2.45, 2.75) is 37.8 Å². The zero-order valence-corrected chi connectivity index (χ0v) is 13.0. The quantitative estimate of drug-likeness (QED) is 0.167. The van der Waals surface area contributed by atoms with E-state index in [1.54, 1.807) is 0 Å². The van der Waals surface area contributed by atoms with Crippen LogP contribution >= 0.6 is 0 Å². The summed E-state index contributed by atoms with van der Waals surface area (Å²) in [4.78, 5) is 39.3. The number of amides is 2. The van der Waals surface area contributed by atoms with Crippen LogP contribution in [0.2, 0.25) is 0 Å². The van der Waals surface area contributed by atoms with Gasteiger partial charge in [0.15, 0.2) is 6.54 Å². The molecule has 1 aliphatic heterocycles. The summed E-state index contributed by atoms with van der Waals surface area (Å²) in [6.45, 7) is 0.936. The summed E-state index contributed by atoms with van der Waals surface area (Å²) in [6.07, 6.45) is 1.82. The summed E-state index contributed by atoms with van der Waals surface area (Å²) in [5, 5.41) is 13.6. The Kier molecular flexibility index (Phi) is 7.26. The molecule has 2 atom stereocenters. The molecule has 2 amide bonds. The van der Waals surface area contributed by atoms with Crippen LogP contribution in [0.5, 0.6) is 0 Å². The van der Waals surface area contributed by atoms with Gasteiger partial charge in [-0.05, 0) is 25.7 Å². The van der Waals surface area contributed by atoms with Crippen molar-refractivity contribution in [3.05, 3.63) is 0 Å². The maximum absolute atomic E-state index is 12.3. The van der Waals surface area contributed by atoms with E-state index in [1.165, 1.54) is 4.90 Å². The Morgan fingerprint density at radius 1 is 1.39 bits per heavy atom. The van der Waals surface area contributed by atoms with Gasteiger partial charge in [0.25, 0.3) is 5.91 Å². The minimum absolute atomic E-state index is 0.0484. The molecule has 130 valence electrons. The normalized spacial score (nSPS) is 18.3. The zero-order valence-electron chi connectivity index (χ0n) is 13.0. The molecule has 0 aliphatic carbocycles. The van der Waals surface area contributed by atoms with E-state index in [0.29, 0.717) is 32.4 Å². The number of nitrogens with one attached hydrogen (secondary N) is 2. The molecule has 1 rings (SSSR count). The van der Waals surface area contributed by atoms with Gasteiger partial charge in [0.05, 0.1) is 18.6 Å². The first-order valence-electron chi connectivity index (χ1n) is 7.58. The van der Waals surface area contributed by atoms with E-state index >= 15 is 0 Å². The molecule has 10 nitrogen and oxygen atoms in total. The highest BCUT2D eigenvalue weighted by Gasteiger charge is 2.34. The number of aliphatic carboxylic acids is 1. The number of hydrogen-bond acceptors (Lipinski definition) is 4. The molecule has 0 spiro atoms. The van der Waals surface area contributed by atoms with Crippen LogP contribution in [0.25, 0.3) is 0 Å². The van der Waals surface area contributed by atoms with Crippen LogP contribution in [0.3, 0.4) is 0 Å². The van der Waals surface area contributed by atoms with Gasteiger partial charge in [0, 0.05) is 6.54 Å². The minimum Gasteiger partial charge on any atom is -0.548 e. The second-order valence-corrected chi connectivity index (χ2v) is 5.40. The van der Waals surface area contributed by atoms with Gasteiger partial charge < -0.3 is 25.9 Å². The highest BCUT2D eigenvalue weighted by molar-refractivity contribution is 5.90. The van der Waals surface area contributed by atoms with Gasteiger partial charge in [-0.15, -0.1) is 0 Å². The lowest BCUT2D eigenvalue weighted by molar-refractivity contribution is -0.459. The number of likely N-dealkylation sites (tertiary alicyclic amines) is 1. The topological polar surface area (TPSA) is 183 Å². The van der Waals surface area contributed by atoms with Crippen LogP contribution in [0.15, 0.2) is 0 Å². The van der Waals surface area contributed by atoms with Crippen LogP contribution in [-0.2, 0) is 14.4 Å². The monoisotopic (exact) mass is 329 g/mol. The number of nitrogens with two attached hydrogens (primary N) is 2. The molecular formula is C13H25N6O4+. The molecule has 0 aromatic rings. The number of carboxylic acids is 1. The maximum atomic E-state index is 12.3. The fourth-order valence-corrected chi connectivity index (χ4v) is 2.54. The van der Waals surface area contributed by atoms with Crippen molar-refractivity contribution in [1.29, 1.82) is 0 Å². The van der Waals surface area contributed by atoms with Gasteiger partial charge in [-0.25, -0.2) is 0 Å². The third kappa shape index (κ3) is 5.74. The fraction of sp³-hybridized carbons (Fsp3) is 0.692. The number of hydrogen-bond donors (Lipinski definition) is 5. The second kappa shape index (κ2) is 8.93. The predicted octanol–water partition coefficient (Wildman–Crippen LogP) is -6.41. The van der Waals surface area contributed by atoms with Crippen LogP contribution in [-0.4, -0.2) is 60.4 Å². The van der Waals surface area contributed by atoms with E-state index in [-0.39, 0.29) is 24.8 Å². The Labute approximate surface area is 134 Å². The number of nitrogens with zero attached hydrogens (tertiary/aromatic N) is 1. The number of carbonyl (C=O) groups excluding carboxylic acids is 3. The maximum Gasteiger partial charge on any atom is 0.338 e. The molecule has 1 fully saturated rings. The summed E-state index contributed by atoms with van der Waals surface area (Å²) >= 11 is 0. The molecule has 0 saturated carbocycles. The fourth-order valence-electron chi connectivity index (χ4n) is 2.54. The molecule has 0 radical (unpaired) electrons. The van der Waals surface area contributed by atoms with Crippen molar-refractivity contribution < 1.29 is 30.2 Å². The molecule has 1 aliphatic rings. The molecule has 1 heterocycles. The summed E-state index contributed by atoms with van der Waals surface area (Å²) in [5.74, 6) is -2.01. The first-order chi connectivity index (χ1) is 10.9. The highest BCUT2D eigenvalue weighted by atomic mass is 16.4. The number of guanidine groups is 1. The van der Waals surface area contributed by atoms with Crippen LogP contribution in [0, 0.1) is 0 Å². The van der Waals surface area contributed by atoms with E-state index in [2.05, 4.69) is 16.0 Å². The van der Waals surface area contributed by atoms with E-state index in [0.717, 1.165) is 0 Å². The predicted molar refractivity (Wildman–Crippen MR) is 77.9 cm³/mol. The molecule has 0 aromatic carbocycles. The van der Waals surface area contributed by atoms with Gasteiger partial charge >= 0.3 is 5.96 Å². The largest absolute Gasteiger partial charge is 0.548 e. The molecule has 0 unspecified atom stereocenters. The molecule has 0 bridgehead atoms. The van der Waals surface area contributed by atoms with Crippen LogP contribution < -0.4 is 32.6 Å². The number of quaternary nitrogens is 1. The van der Waals surface area contributed by atoms with E-state index in [1.807, 2.05) is 0 Å². The first-order valence-corrected chi connectivity index (χ1v) is 7.58. The van der Waals surface area contributed by atoms with Crippen molar-refractivity contribution in [3.8, 4) is 0 Å². The van der Waals surface area contributed by atoms with Crippen molar-refractivity contribution in [2.75, 3.05) is 19.6 Å². The van der Waals surface area contributed by atoms with E-state index in [9.17, 15) is 19.5 Å².